The van der Waals surface area contributed by atoms with Gasteiger partial charge >= 0.3 is 5.91 Å². The highest BCUT2D eigenvalue weighted by Crippen LogP contribution is 2.23. The highest BCUT2D eigenvalue weighted by atomic mass is 35.5. The molecule has 0 bridgehead atoms. The Kier molecular flexibility index (Phi) is 4.72. The molecule has 0 atom stereocenters. The molecule has 0 unspecified atom stereocenters. The zero-order chi connectivity index (χ0) is 15.5. The molecular formula is C11H18ClN7O. The number of nitrogens with two attached hydrogens (primary N) is 3. The van der Waals surface area contributed by atoms with Crippen molar-refractivity contribution < 1.29 is 4.79 Å². The van der Waals surface area contributed by atoms with Crippen LogP contribution in [0.2, 0.25) is 5.15 Å². The van der Waals surface area contributed by atoms with E-state index in [-0.39, 0.29) is 28.0 Å². The van der Waals surface area contributed by atoms with Crippen LogP contribution in [0.4, 0.5) is 11.6 Å². The SMILES string of the molecule is CC(C)(C)CNc1nc(N)c(C(=O)N=C(N)N)nc1Cl. The van der Waals surface area contributed by atoms with Gasteiger partial charge in [-0.05, 0) is 5.41 Å². The lowest BCUT2D eigenvalue weighted by Gasteiger charge is -2.19. The number of carbonyl (C=O) groups is 1. The molecule has 0 saturated carbocycles. The fraction of sp³-hybridized carbons (Fsp3) is 0.455. The fourth-order valence-electron chi connectivity index (χ4n) is 1.22. The molecule has 1 amide bonds. The van der Waals surface area contributed by atoms with Crippen molar-refractivity contribution in [3.63, 3.8) is 0 Å². The largest absolute Gasteiger partial charge is 0.382 e. The first-order chi connectivity index (χ1) is 9.10. The predicted molar refractivity (Wildman–Crippen MR) is 79.5 cm³/mol. The van der Waals surface area contributed by atoms with Crippen molar-refractivity contribution in [1.29, 1.82) is 0 Å². The zero-order valence-electron chi connectivity index (χ0n) is 11.6. The molecule has 1 heterocycles. The topological polar surface area (TPSA) is 145 Å². The fourth-order valence-corrected chi connectivity index (χ4v) is 1.41. The summed E-state index contributed by atoms with van der Waals surface area (Å²) in [6, 6.07) is 0. The lowest BCUT2D eigenvalue weighted by atomic mass is 9.97. The van der Waals surface area contributed by atoms with Crippen LogP contribution in [-0.2, 0) is 0 Å². The number of carbonyl (C=O) groups excluding carboxylic acids is 1. The maximum absolute atomic E-state index is 11.6. The normalized spacial score (nSPS) is 11.0. The summed E-state index contributed by atoms with van der Waals surface area (Å²) < 4.78 is 0. The number of anilines is 2. The van der Waals surface area contributed by atoms with Crippen molar-refractivity contribution in [2.75, 3.05) is 17.6 Å². The monoisotopic (exact) mass is 299 g/mol. The van der Waals surface area contributed by atoms with Gasteiger partial charge in [-0.25, -0.2) is 9.97 Å². The summed E-state index contributed by atoms with van der Waals surface area (Å²) in [5, 5.41) is 3.04. The van der Waals surface area contributed by atoms with Crippen molar-refractivity contribution in [3.8, 4) is 0 Å². The van der Waals surface area contributed by atoms with Crippen molar-refractivity contribution in [1.82, 2.24) is 9.97 Å². The van der Waals surface area contributed by atoms with E-state index >= 15 is 0 Å². The summed E-state index contributed by atoms with van der Waals surface area (Å²) in [4.78, 5) is 22.9. The second-order valence-electron chi connectivity index (χ2n) is 5.35. The van der Waals surface area contributed by atoms with Crippen molar-refractivity contribution in [2.24, 2.45) is 21.9 Å². The van der Waals surface area contributed by atoms with Crippen LogP contribution in [0.25, 0.3) is 0 Å². The average Bonchev–Trinajstić information content (AvgIpc) is 2.27. The van der Waals surface area contributed by atoms with E-state index in [0.717, 1.165) is 0 Å². The average molecular weight is 300 g/mol. The number of aromatic nitrogens is 2. The third-order valence-corrected chi connectivity index (χ3v) is 2.36. The van der Waals surface area contributed by atoms with Gasteiger partial charge in [0.1, 0.15) is 0 Å². The Labute approximate surface area is 121 Å². The molecule has 0 aromatic carbocycles. The molecule has 20 heavy (non-hydrogen) atoms. The minimum Gasteiger partial charge on any atom is -0.382 e. The second kappa shape index (κ2) is 5.91. The number of hydrogen-bond donors (Lipinski definition) is 4. The number of nitrogen functional groups attached to an aromatic ring is 1. The zero-order valence-corrected chi connectivity index (χ0v) is 12.3. The van der Waals surface area contributed by atoms with Crippen LogP contribution in [0.15, 0.2) is 4.99 Å². The number of aliphatic imine (C=N–C) groups is 1. The minimum absolute atomic E-state index is 0.0204. The maximum Gasteiger partial charge on any atom is 0.302 e. The van der Waals surface area contributed by atoms with Crippen LogP contribution in [0.3, 0.4) is 0 Å². The summed E-state index contributed by atoms with van der Waals surface area (Å²) in [6.07, 6.45) is 0. The molecule has 7 N–H and O–H groups in total. The van der Waals surface area contributed by atoms with Gasteiger partial charge in [0.25, 0.3) is 0 Å². The van der Waals surface area contributed by atoms with Crippen LogP contribution < -0.4 is 22.5 Å². The first kappa shape index (κ1) is 16.0. The van der Waals surface area contributed by atoms with Crippen LogP contribution >= 0.6 is 11.6 Å². The van der Waals surface area contributed by atoms with Gasteiger partial charge in [0.05, 0.1) is 0 Å². The standard InChI is InChI=1S/C11H18ClN7O/c1-11(2,3)4-16-8-6(12)17-5(7(13)18-8)9(20)19-10(14)15/h4H2,1-3H3,(H3,13,16,18)(H4,14,15,19,20). The molecule has 0 aliphatic heterocycles. The molecule has 1 aromatic heterocycles. The van der Waals surface area contributed by atoms with Crippen molar-refractivity contribution in [3.05, 3.63) is 10.8 Å². The molecule has 0 aliphatic carbocycles. The number of amides is 1. The van der Waals surface area contributed by atoms with E-state index in [1.165, 1.54) is 0 Å². The Morgan fingerprint density at radius 1 is 1.35 bits per heavy atom. The van der Waals surface area contributed by atoms with Gasteiger partial charge in [0.15, 0.2) is 28.4 Å². The Bertz CT molecular complexity index is 546. The summed E-state index contributed by atoms with van der Waals surface area (Å²) >= 11 is 5.96. The lowest BCUT2D eigenvalue weighted by Crippen LogP contribution is -2.25. The summed E-state index contributed by atoms with van der Waals surface area (Å²) in [5.41, 5.74) is 15.7. The number of halogens is 1. The number of hydrogen-bond acceptors (Lipinski definition) is 5. The summed E-state index contributed by atoms with van der Waals surface area (Å²) in [7, 11) is 0. The van der Waals surface area contributed by atoms with E-state index < -0.39 is 5.91 Å². The van der Waals surface area contributed by atoms with Gasteiger partial charge in [-0.2, -0.15) is 4.99 Å². The van der Waals surface area contributed by atoms with Crippen LogP contribution in [0.1, 0.15) is 31.3 Å². The molecule has 1 rings (SSSR count). The molecule has 8 nitrogen and oxygen atoms in total. The Morgan fingerprint density at radius 3 is 2.45 bits per heavy atom. The molecule has 0 fully saturated rings. The van der Waals surface area contributed by atoms with E-state index in [2.05, 4.69) is 20.3 Å². The van der Waals surface area contributed by atoms with Gasteiger partial charge in [0.2, 0.25) is 0 Å². The van der Waals surface area contributed by atoms with Gasteiger partial charge in [0, 0.05) is 6.54 Å². The molecule has 110 valence electrons. The first-order valence-electron chi connectivity index (χ1n) is 5.81. The smallest absolute Gasteiger partial charge is 0.302 e. The number of guanidine groups is 1. The number of nitrogens with zero attached hydrogens (tertiary/aromatic N) is 3. The third-order valence-electron chi connectivity index (χ3n) is 2.10. The van der Waals surface area contributed by atoms with E-state index in [9.17, 15) is 4.79 Å². The van der Waals surface area contributed by atoms with Crippen molar-refractivity contribution >= 4 is 35.1 Å². The predicted octanol–water partition coefficient (Wildman–Crippen LogP) is 0.584. The first-order valence-corrected chi connectivity index (χ1v) is 6.19. The van der Waals surface area contributed by atoms with Crippen molar-refractivity contribution in [2.45, 2.75) is 20.8 Å². The second-order valence-corrected chi connectivity index (χ2v) is 5.71. The molecule has 0 aliphatic rings. The van der Waals surface area contributed by atoms with Gasteiger partial charge in [-0.1, -0.05) is 32.4 Å². The third kappa shape index (κ3) is 4.54. The Balaban J connectivity index is 3.03. The molecule has 0 spiro atoms. The van der Waals surface area contributed by atoms with Crippen LogP contribution in [-0.4, -0.2) is 28.4 Å². The molecule has 1 aromatic rings. The Morgan fingerprint density at radius 2 is 1.95 bits per heavy atom. The highest BCUT2D eigenvalue weighted by molar-refractivity contribution is 6.32. The highest BCUT2D eigenvalue weighted by Gasteiger charge is 2.18. The van der Waals surface area contributed by atoms with E-state index in [1.54, 1.807) is 0 Å². The lowest BCUT2D eigenvalue weighted by molar-refractivity contribution is 0.0998. The van der Waals surface area contributed by atoms with Gasteiger partial charge < -0.3 is 22.5 Å². The molecule has 0 radical (unpaired) electrons. The Hall–Kier alpha value is -2.09. The quantitative estimate of drug-likeness (QED) is 0.472. The van der Waals surface area contributed by atoms with E-state index in [0.29, 0.717) is 12.4 Å². The molecular weight excluding hydrogens is 282 g/mol. The van der Waals surface area contributed by atoms with Gasteiger partial charge in [-0.15, -0.1) is 0 Å². The van der Waals surface area contributed by atoms with Crippen LogP contribution in [0, 0.1) is 5.41 Å². The van der Waals surface area contributed by atoms with E-state index in [1.807, 2.05) is 20.8 Å². The summed E-state index contributed by atoms with van der Waals surface area (Å²) in [6.45, 7) is 6.74. The maximum atomic E-state index is 11.6. The number of nitrogens with one attached hydrogen (secondary N) is 1. The molecule has 0 saturated heterocycles. The minimum atomic E-state index is -0.792. The van der Waals surface area contributed by atoms with Crippen LogP contribution in [0.5, 0.6) is 0 Å². The molecule has 9 heteroatoms. The number of rotatable bonds is 3. The van der Waals surface area contributed by atoms with Gasteiger partial charge in [-0.3, -0.25) is 4.79 Å². The van der Waals surface area contributed by atoms with E-state index in [4.69, 9.17) is 28.8 Å². The summed E-state index contributed by atoms with van der Waals surface area (Å²) in [5.74, 6) is -0.970.